The molecule has 19 heavy (non-hydrogen) atoms. The van der Waals surface area contributed by atoms with Crippen LogP contribution < -0.4 is 10.2 Å². The van der Waals surface area contributed by atoms with E-state index in [0.717, 1.165) is 38.3 Å². The third-order valence-electron chi connectivity index (χ3n) is 3.70. The van der Waals surface area contributed by atoms with Crippen LogP contribution in [0, 0.1) is 5.92 Å². The van der Waals surface area contributed by atoms with Gasteiger partial charge in [0, 0.05) is 37.4 Å². The fourth-order valence-electron chi connectivity index (χ4n) is 2.26. The molecule has 5 nitrogen and oxygen atoms in total. The Bertz CT molecular complexity index is 401. The van der Waals surface area contributed by atoms with E-state index >= 15 is 0 Å². The van der Waals surface area contributed by atoms with E-state index in [-0.39, 0.29) is 17.9 Å². The molecule has 1 saturated heterocycles. The highest BCUT2D eigenvalue weighted by Gasteiger charge is 2.26. The molecule has 1 N–H and O–H groups in total. The fraction of sp³-hybridized carbons (Fsp3) is 0.643. The molecule has 1 aromatic rings. The third-order valence-corrected chi connectivity index (χ3v) is 3.70. The number of carbonyl (C=O) groups excluding carboxylic acids is 1. The van der Waals surface area contributed by atoms with Crippen molar-refractivity contribution in [3.63, 3.8) is 0 Å². The van der Waals surface area contributed by atoms with E-state index in [1.165, 1.54) is 0 Å². The molecule has 0 spiro atoms. The molecule has 0 bridgehead atoms. The van der Waals surface area contributed by atoms with Crippen LogP contribution in [0.3, 0.4) is 0 Å². The van der Waals surface area contributed by atoms with E-state index in [2.05, 4.69) is 27.1 Å². The van der Waals surface area contributed by atoms with Crippen molar-refractivity contribution in [3.8, 4) is 0 Å². The van der Waals surface area contributed by atoms with Gasteiger partial charge in [-0.1, -0.05) is 6.92 Å². The van der Waals surface area contributed by atoms with Crippen molar-refractivity contribution in [1.82, 2.24) is 15.3 Å². The van der Waals surface area contributed by atoms with Crippen molar-refractivity contribution in [2.45, 2.75) is 39.2 Å². The highest BCUT2D eigenvalue weighted by Crippen LogP contribution is 2.20. The van der Waals surface area contributed by atoms with Crippen molar-refractivity contribution in [2.24, 2.45) is 5.92 Å². The van der Waals surface area contributed by atoms with E-state index in [0.29, 0.717) is 0 Å². The van der Waals surface area contributed by atoms with Gasteiger partial charge in [0.25, 0.3) is 0 Å². The second kappa shape index (κ2) is 6.50. The van der Waals surface area contributed by atoms with Gasteiger partial charge in [0.05, 0.1) is 0 Å². The summed E-state index contributed by atoms with van der Waals surface area (Å²) in [5.74, 6) is 1.10. The molecule has 1 aromatic heterocycles. The summed E-state index contributed by atoms with van der Waals surface area (Å²) >= 11 is 0. The second-order valence-electron chi connectivity index (χ2n) is 5.13. The van der Waals surface area contributed by atoms with E-state index < -0.39 is 0 Å². The van der Waals surface area contributed by atoms with Gasteiger partial charge in [0.15, 0.2) is 0 Å². The van der Waals surface area contributed by atoms with Gasteiger partial charge in [0.2, 0.25) is 11.9 Å². The number of anilines is 1. The maximum Gasteiger partial charge on any atom is 0.225 e. The Hall–Kier alpha value is -1.65. The minimum atomic E-state index is 0.133. The fourth-order valence-corrected chi connectivity index (χ4v) is 2.26. The summed E-state index contributed by atoms with van der Waals surface area (Å²) < 4.78 is 0. The van der Waals surface area contributed by atoms with E-state index in [1.54, 1.807) is 12.4 Å². The molecule has 1 fully saturated rings. The average Bonchev–Trinajstić information content (AvgIpc) is 2.48. The second-order valence-corrected chi connectivity index (χ2v) is 5.13. The van der Waals surface area contributed by atoms with Crippen LogP contribution in [-0.2, 0) is 4.79 Å². The minimum absolute atomic E-state index is 0.133. The lowest BCUT2D eigenvalue weighted by molar-refractivity contribution is -0.126. The monoisotopic (exact) mass is 262 g/mol. The number of aromatic nitrogens is 2. The zero-order valence-electron chi connectivity index (χ0n) is 11.7. The van der Waals surface area contributed by atoms with Gasteiger partial charge >= 0.3 is 0 Å². The molecule has 1 aliphatic heterocycles. The first kappa shape index (κ1) is 13.8. The smallest absolute Gasteiger partial charge is 0.225 e. The summed E-state index contributed by atoms with van der Waals surface area (Å²) in [6, 6.07) is 2.08. The van der Waals surface area contributed by atoms with Crippen molar-refractivity contribution < 1.29 is 4.79 Å². The van der Waals surface area contributed by atoms with Crippen LogP contribution in [0.25, 0.3) is 0 Å². The van der Waals surface area contributed by atoms with Gasteiger partial charge in [-0.3, -0.25) is 4.79 Å². The molecule has 2 rings (SSSR count). The highest BCUT2D eigenvalue weighted by molar-refractivity contribution is 5.79. The summed E-state index contributed by atoms with van der Waals surface area (Å²) in [4.78, 5) is 22.7. The molecule has 0 aromatic carbocycles. The average molecular weight is 262 g/mol. The molecule has 0 aliphatic carbocycles. The van der Waals surface area contributed by atoms with Crippen molar-refractivity contribution >= 4 is 11.9 Å². The van der Waals surface area contributed by atoms with Crippen LogP contribution in [0.4, 0.5) is 5.95 Å². The Morgan fingerprint density at radius 1 is 1.42 bits per heavy atom. The van der Waals surface area contributed by atoms with Crippen LogP contribution in [-0.4, -0.2) is 35.0 Å². The number of nitrogens with zero attached hydrogens (tertiary/aromatic N) is 3. The maximum atomic E-state index is 12.0. The third kappa shape index (κ3) is 3.66. The lowest BCUT2D eigenvalue weighted by Crippen LogP contribution is -2.43. The molecule has 1 amide bonds. The molecule has 0 radical (unpaired) electrons. The predicted octanol–water partition coefficient (Wildman–Crippen LogP) is 1.61. The first-order chi connectivity index (χ1) is 9.20. The molecule has 1 aliphatic rings. The summed E-state index contributed by atoms with van der Waals surface area (Å²) in [7, 11) is 0. The summed E-state index contributed by atoms with van der Waals surface area (Å²) in [6.45, 7) is 5.83. The number of carbonyl (C=O) groups is 1. The van der Waals surface area contributed by atoms with Gasteiger partial charge in [-0.15, -0.1) is 0 Å². The van der Waals surface area contributed by atoms with Crippen molar-refractivity contribution in [1.29, 1.82) is 0 Å². The first-order valence-corrected chi connectivity index (χ1v) is 7.03. The summed E-state index contributed by atoms with van der Waals surface area (Å²) in [5, 5.41) is 3.07. The number of amides is 1. The zero-order valence-corrected chi connectivity index (χ0v) is 11.7. The van der Waals surface area contributed by atoms with Crippen molar-refractivity contribution in [3.05, 3.63) is 18.5 Å². The van der Waals surface area contributed by atoms with Gasteiger partial charge < -0.3 is 10.2 Å². The standard InChI is InChI=1S/C14H22N4O/c1-3-11(2)17-13(19)12-5-9-18(10-6-12)14-15-7-4-8-16-14/h4,7-8,11-12H,3,5-6,9-10H2,1-2H3,(H,17,19)/t11-/m1/s1. The number of hydrogen-bond donors (Lipinski definition) is 1. The SMILES string of the molecule is CC[C@@H](C)NC(=O)C1CCN(c2ncccn2)CC1. The van der Waals surface area contributed by atoms with Crippen LogP contribution in [0.5, 0.6) is 0 Å². The van der Waals surface area contributed by atoms with Crippen LogP contribution in [0.15, 0.2) is 18.5 Å². The van der Waals surface area contributed by atoms with Crippen LogP contribution >= 0.6 is 0 Å². The largest absolute Gasteiger partial charge is 0.353 e. The molecule has 1 atom stereocenters. The van der Waals surface area contributed by atoms with Gasteiger partial charge in [-0.25, -0.2) is 9.97 Å². The predicted molar refractivity (Wildman–Crippen MR) is 74.9 cm³/mol. The minimum Gasteiger partial charge on any atom is -0.353 e. The first-order valence-electron chi connectivity index (χ1n) is 7.03. The Morgan fingerprint density at radius 3 is 2.63 bits per heavy atom. The number of piperidine rings is 1. The lowest BCUT2D eigenvalue weighted by Gasteiger charge is -2.31. The van der Waals surface area contributed by atoms with E-state index in [1.807, 2.05) is 13.0 Å². The zero-order chi connectivity index (χ0) is 13.7. The van der Waals surface area contributed by atoms with Crippen LogP contribution in [0.2, 0.25) is 0 Å². The Morgan fingerprint density at radius 2 is 2.05 bits per heavy atom. The highest BCUT2D eigenvalue weighted by atomic mass is 16.1. The molecule has 104 valence electrons. The quantitative estimate of drug-likeness (QED) is 0.895. The summed E-state index contributed by atoms with van der Waals surface area (Å²) in [6.07, 6.45) is 6.23. The van der Waals surface area contributed by atoms with Crippen molar-refractivity contribution in [2.75, 3.05) is 18.0 Å². The normalized spacial score (nSPS) is 18.1. The molecular formula is C14H22N4O. The van der Waals surface area contributed by atoms with E-state index in [4.69, 9.17) is 0 Å². The van der Waals surface area contributed by atoms with Gasteiger partial charge in [-0.2, -0.15) is 0 Å². The molecule has 5 heteroatoms. The maximum absolute atomic E-state index is 12.0. The molecule has 0 unspecified atom stereocenters. The number of hydrogen-bond acceptors (Lipinski definition) is 4. The van der Waals surface area contributed by atoms with Gasteiger partial charge in [0.1, 0.15) is 0 Å². The topological polar surface area (TPSA) is 58.1 Å². The van der Waals surface area contributed by atoms with Gasteiger partial charge in [-0.05, 0) is 32.3 Å². The number of nitrogens with one attached hydrogen (secondary N) is 1. The lowest BCUT2D eigenvalue weighted by atomic mass is 9.95. The number of rotatable bonds is 4. The Balaban J connectivity index is 1.84. The van der Waals surface area contributed by atoms with E-state index in [9.17, 15) is 4.79 Å². The van der Waals surface area contributed by atoms with Crippen LogP contribution in [0.1, 0.15) is 33.1 Å². The molecule has 0 saturated carbocycles. The molecular weight excluding hydrogens is 240 g/mol. The Labute approximate surface area is 114 Å². The Kier molecular flexibility index (Phi) is 4.71. The summed E-state index contributed by atoms with van der Waals surface area (Å²) in [5.41, 5.74) is 0. The molecule has 2 heterocycles.